The molecule has 7 heteroatoms. The van der Waals surface area contributed by atoms with E-state index in [1.54, 1.807) is 6.92 Å². The average molecular weight is 277 g/mol. The van der Waals surface area contributed by atoms with E-state index in [0.29, 0.717) is 6.42 Å². The van der Waals surface area contributed by atoms with Crippen LogP contribution in [0, 0.1) is 0 Å². The summed E-state index contributed by atoms with van der Waals surface area (Å²) < 4.78 is 4.51. The van der Waals surface area contributed by atoms with Gasteiger partial charge in [0.25, 0.3) is 0 Å². The molecule has 98 valence electrons. The number of esters is 1. The number of aliphatic hydroxyl groups is 1. The molecular weight excluding hydrogens is 259 g/mol. The predicted molar refractivity (Wildman–Crippen MR) is 65.3 cm³/mol. The van der Waals surface area contributed by atoms with Gasteiger partial charge in [0.1, 0.15) is 0 Å². The maximum atomic E-state index is 10.3. The minimum absolute atomic E-state index is 0. The van der Waals surface area contributed by atoms with E-state index >= 15 is 0 Å². The lowest BCUT2D eigenvalue weighted by Crippen LogP contribution is -2.02. The minimum atomic E-state index is -0.745. The van der Waals surface area contributed by atoms with Crippen LogP contribution in [0.2, 0.25) is 0 Å². The van der Waals surface area contributed by atoms with Gasteiger partial charge in [-0.15, -0.1) is 24.8 Å². The molecule has 2 N–H and O–H groups in total. The predicted octanol–water partition coefficient (Wildman–Crippen LogP) is 1.42. The quantitative estimate of drug-likeness (QED) is 0.451. The third-order valence-electron chi connectivity index (χ3n) is 1.02. The Kier molecular flexibility index (Phi) is 30.2. The number of carboxylic acid groups (broad SMARTS) is 1. The monoisotopic (exact) mass is 276 g/mol. The van der Waals surface area contributed by atoms with Crippen molar-refractivity contribution in [3.63, 3.8) is 0 Å². The molecule has 0 fully saturated rings. The summed E-state index contributed by atoms with van der Waals surface area (Å²) >= 11 is 0. The molecular formula is C9H18Cl2O5. The number of carbonyl (C=O) groups excluding carboxylic acids is 1. The van der Waals surface area contributed by atoms with Crippen molar-refractivity contribution in [1.82, 2.24) is 0 Å². The van der Waals surface area contributed by atoms with Gasteiger partial charge in [0.2, 0.25) is 0 Å². The highest BCUT2D eigenvalue weighted by Crippen LogP contribution is 1.82. The smallest absolute Gasteiger partial charge is 0.330 e. The van der Waals surface area contributed by atoms with Crippen LogP contribution < -0.4 is 0 Å². The molecule has 0 saturated carbocycles. The fourth-order valence-corrected chi connectivity index (χ4v) is 0.296. The molecule has 0 aliphatic carbocycles. The Morgan fingerprint density at radius 1 is 1.38 bits per heavy atom. The zero-order chi connectivity index (χ0) is 11.4. The Morgan fingerprint density at radius 3 is 2.06 bits per heavy atom. The van der Waals surface area contributed by atoms with Crippen LogP contribution in [0.3, 0.4) is 0 Å². The molecule has 0 unspecified atom stereocenters. The van der Waals surface area contributed by atoms with Gasteiger partial charge < -0.3 is 14.9 Å². The molecule has 0 bridgehead atoms. The topological polar surface area (TPSA) is 83.8 Å². The molecule has 0 saturated heterocycles. The zero-order valence-electron chi connectivity index (χ0n) is 9.05. The second kappa shape index (κ2) is 19.7. The molecule has 0 radical (unpaired) electrons. The molecule has 0 aromatic rings. The van der Waals surface area contributed by atoms with Gasteiger partial charge in [-0.05, 0) is 0 Å². The van der Waals surface area contributed by atoms with E-state index in [1.807, 2.05) is 0 Å². The average Bonchev–Trinajstić information content (AvgIpc) is 2.19. The van der Waals surface area contributed by atoms with Crippen LogP contribution in [0.5, 0.6) is 0 Å². The fraction of sp³-hybridized carbons (Fsp3) is 0.556. The van der Waals surface area contributed by atoms with Crippen LogP contribution in [0.15, 0.2) is 12.7 Å². The van der Waals surface area contributed by atoms with Crippen LogP contribution in [0.1, 0.15) is 19.8 Å². The van der Waals surface area contributed by atoms with Gasteiger partial charge in [-0.2, -0.15) is 0 Å². The lowest BCUT2D eigenvalue weighted by atomic mass is 10.5. The van der Waals surface area contributed by atoms with Gasteiger partial charge >= 0.3 is 11.9 Å². The Morgan fingerprint density at radius 2 is 1.81 bits per heavy atom. The van der Waals surface area contributed by atoms with Gasteiger partial charge in [0.05, 0.1) is 6.61 Å². The fourth-order valence-electron chi connectivity index (χ4n) is 0.296. The summed E-state index contributed by atoms with van der Waals surface area (Å²) in [5, 5.41) is 16.0. The highest BCUT2D eigenvalue weighted by Gasteiger charge is 1.91. The van der Waals surface area contributed by atoms with Crippen molar-refractivity contribution in [3.8, 4) is 0 Å². The first kappa shape index (κ1) is 24.4. The molecule has 0 aromatic carbocycles. The summed E-state index contributed by atoms with van der Waals surface area (Å²) in [5.74, 6) is -1.19. The number of hydrogen-bond acceptors (Lipinski definition) is 4. The van der Waals surface area contributed by atoms with Crippen molar-refractivity contribution in [1.29, 1.82) is 0 Å². The second-order valence-electron chi connectivity index (χ2n) is 2.20. The summed E-state index contributed by atoms with van der Waals surface area (Å²) in [7, 11) is 0. The number of rotatable bonds is 5. The van der Waals surface area contributed by atoms with E-state index in [2.05, 4.69) is 11.3 Å². The third-order valence-corrected chi connectivity index (χ3v) is 1.02. The first-order valence-corrected chi connectivity index (χ1v) is 4.20. The van der Waals surface area contributed by atoms with Crippen molar-refractivity contribution in [2.24, 2.45) is 0 Å². The highest BCUT2D eigenvalue weighted by atomic mass is 35.5. The van der Waals surface area contributed by atoms with Gasteiger partial charge in [0.15, 0.2) is 0 Å². The van der Waals surface area contributed by atoms with Crippen molar-refractivity contribution >= 4 is 36.8 Å². The number of carboxylic acids is 1. The summed E-state index contributed by atoms with van der Waals surface area (Å²) in [4.78, 5) is 19.6. The molecule has 0 aliphatic heterocycles. The molecule has 0 atom stereocenters. The molecule has 0 rings (SSSR count). The summed E-state index contributed by atoms with van der Waals surface area (Å²) in [6, 6.07) is 0. The largest absolute Gasteiger partial charge is 0.481 e. The maximum Gasteiger partial charge on any atom is 0.330 e. The highest BCUT2D eigenvalue weighted by molar-refractivity contribution is 5.85. The Labute approximate surface area is 107 Å². The van der Waals surface area contributed by atoms with Crippen LogP contribution >= 0.6 is 24.8 Å². The zero-order valence-corrected chi connectivity index (χ0v) is 10.7. The molecule has 0 heterocycles. The van der Waals surface area contributed by atoms with Crippen LogP contribution in [-0.2, 0) is 14.3 Å². The summed E-state index contributed by atoms with van der Waals surface area (Å²) in [6.07, 6.45) is 1.80. The number of carbonyl (C=O) groups is 2. The van der Waals surface area contributed by atoms with E-state index < -0.39 is 11.9 Å². The normalized spacial score (nSPS) is 7.12. The Bertz CT molecular complexity index is 185. The standard InChI is InChI=1S/C6H10O3.C3H6O2.2ClH/c1-2-6(8)9-5-3-4-7;1-2-3(4)5;;/h2,7H,1,3-5H2;2H2,1H3,(H,4,5);2*1H. The van der Waals surface area contributed by atoms with Crippen molar-refractivity contribution < 1.29 is 24.5 Å². The van der Waals surface area contributed by atoms with Gasteiger partial charge in [-0.1, -0.05) is 13.5 Å². The Balaban J connectivity index is -0.0000000904. The van der Waals surface area contributed by atoms with Gasteiger partial charge in [-0.25, -0.2) is 4.79 Å². The van der Waals surface area contributed by atoms with E-state index in [-0.39, 0.29) is 44.4 Å². The third kappa shape index (κ3) is 29.2. The SMILES string of the molecule is C=CC(=O)OCCCO.CCC(=O)O.Cl.Cl. The van der Waals surface area contributed by atoms with Crippen molar-refractivity contribution in [3.05, 3.63) is 12.7 Å². The van der Waals surface area contributed by atoms with E-state index in [0.717, 1.165) is 6.08 Å². The summed E-state index contributed by atoms with van der Waals surface area (Å²) in [5.41, 5.74) is 0. The number of ether oxygens (including phenoxy) is 1. The van der Waals surface area contributed by atoms with Crippen molar-refractivity contribution in [2.45, 2.75) is 19.8 Å². The minimum Gasteiger partial charge on any atom is -0.481 e. The van der Waals surface area contributed by atoms with Crippen LogP contribution in [-0.4, -0.2) is 35.4 Å². The Hall–Kier alpha value is -0.780. The lowest BCUT2D eigenvalue weighted by molar-refractivity contribution is -0.138. The lowest BCUT2D eigenvalue weighted by Gasteiger charge is -1.96. The van der Waals surface area contributed by atoms with Crippen LogP contribution in [0.25, 0.3) is 0 Å². The van der Waals surface area contributed by atoms with E-state index in [9.17, 15) is 9.59 Å². The number of halogens is 2. The molecule has 0 aromatic heterocycles. The molecule has 5 nitrogen and oxygen atoms in total. The molecule has 16 heavy (non-hydrogen) atoms. The van der Waals surface area contributed by atoms with Crippen molar-refractivity contribution in [2.75, 3.05) is 13.2 Å². The number of hydrogen-bond donors (Lipinski definition) is 2. The number of aliphatic carboxylic acids is 1. The second-order valence-corrected chi connectivity index (χ2v) is 2.20. The van der Waals surface area contributed by atoms with Gasteiger partial charge in [-0.3, -0.25) is 4.79 Å². The first-order chi connectivity index (χ1) is 6.58. The molecule has 0 aliphatic rings. The van der Waals surface area contributed by atoms with Crippen LogP contribution in [0.4, 0.5) is 0 Å². The first-order valence-electron chi connectivity index (χ1n) is 4.20. The maximum absolute atomic E-state index is 10.3. The van der Waals surface area contributed by atoms with Gasteiger partial charge in [0, 0.05) is 25.5 Å². The molecule has 0 amide bonds. The number of aliphatic hydroxyl groups excluding tert-OH is 1. The summed E-state index contributed by atoms with van der Waals surface area (Å²) in [6.45, 7) is 5.11. The van der Waals surface area contributed by atoms with E-state index in [4.69, 9.17) is 10.2 Å². The van der Waals surface area contributed by atoms with E-state index in [1.165, 1.54) is 0 Å². The molecule has 0 spiro atoms.